The van der Waals surface area contributed by atoms with Crippen molar-refractivity contribution in [2.75, 3.05) is 42.8 Å². The Hall–Kier alpha value is -1.37. The molecule has 3 rings (SSSR count). The van der Waals surface area contributed by atoms with Gasteiger partial charge in [0.15, 0.2) is 11.0 Å². The molecule has 1 aromatic carbocycles. The molecule has 28 heavy (non-hydrogen) atoms. The van der Waals surface area contributed by atoms with Crippen molar-refractivity contribution >= 4 is 44.9 Å². The highest BCUT2D eigenvalue weighted by Crippen LogP contribution is 2.28. The maximum atomic E-state index is 14.3. The Morgan fingerprint density at radius 2 is 2.21 bits per heavy atom. The van der Waals surface area contributed by atoms with Crippen LogP contribution < -0.4 is 15.8 Å². The molecule has 0 saturated carbocycles. The molecule has 2 aromatic rings. The van der Waals surface area contributed by atoms with Crippen molar-refractivity contribution in [2.24, 2.45) is 5.73 Å². The van der Waals surface area contributed by atoms with E-state index >= 15 is 0 Å². The van der Waals surface area contributed by atoms with E-state index in [2.05, 4.69) is 24.3 Å². The number of nitrogens with one attached hydrogen (secondary N) is 2. The number of benzene rings is 1. The summed E-state index contributed by atoms with van der Waals surface area (Å²) >= 11 is 7.23. The molecule has 1 aromatic heterocycles. The van der Waals surface area contributed by atoms with Crippen molar-refractivity contribution < 1.29 is 13.7 Å². The molecule has 1 unspecified atom stereocenters. The zero-order valence-corrected chi connectivity index (χ0v) is 17.4. The lowest BCUT2D eigenvalue weighted by Crippen LogP contribution is -2.65. The minimum absolute atomic E-state index is 0.0454. The number of rotatable bonds is 10. The predicted octanol–water partition coefficient (Wildman–Crippen LogP) is 1.66. The van der Waals surface area contributed by atoms with Crippen LogP contribution in [0.25, 0.3) is 0 Å². The Labute approximate surface area is 174 Å². The summed E-state index contributed by atoms with van der Waals surface area (Å²) in [5.74, 6) is -0.621. The highest BCUT2D eigenvalue weighted by molar-refractivity contribution is 7.86. The van der Waals surface area contributed by atoms with E-state index in [9.17, 15) is 13.7 Å². The Balaban J connectivity index is 1.44. The van der Waals surface area contributed by atoms with E-state index in [1.54, 1.807) is 0 Å². The lowest BCUT2D eigenvalue weighted by atomic mass is 9.94. The number of hydrogen-bond acceptors (Lipinski definition) is 8. The molecule has 0 bridgehead atoms. The molecule has 2 heterocycles. The summed E-state index contributed by atoms with van der Waals surface area (Å²) in [6.45, 7) is 3.00. The molecule has 1 saturated heterocycles. The number of aromatic nitrogens is 2. The quantitative estimate of drug-likeness (QED) is 0.408. The predicted molar refractivity (Wildman–Crippen MR) is 110 cm³/mol. The molecule has 1 atom stereocenters. The monoisotopic (exact) mass is 448 g/mol. The van der Waals surface area contributed by atoms with Crippen LogP contribution in [0.3, 0.4) is 0 Å². The molecule has 1 aliphatic rings. The van der Waals surface area contributed by atoms with Crippen LogP contribution in [0, 0.1) is 5.82 Å². The average molecular weight is 449 g/mol. The molecule has 12 heteroatoms. The van der Waals surface area contributed by atoms with Crippen molar-refractivity contribution in [1.82, 2.24) is 14.3 Å². The molecule has 8 nitrogen and oxygen atoms in total. The van der Waals surface area contributed by atoms with Gasteiger partial charge in [0, 0.05) is 37.7 Å². The molecule has 154 valence electrons. The highest BCUT2D eigenvalue weighted by atomic mass is 35.5. The van der Waals surface area contributed by atoms with Crippen LogP contribution in [-0.2, 0) is 11.0 Å². The van der Waals surface area contributed by atoms with Gasteiger partial charge in [-0.2, -0.15) is 4.37 Å². The number of likely N-dealkylation sites (tertiary alicyclic amines) is 1. The Kier molecular flexibility index (Phi) is 7.18. The molecule has 5 N–H and O–H groups in total. The standard InChI is InChI=1S/C16H22ClFN6O2S2/c17-11-5-14(28(26)23-15-21-10-22-27-15)12(18)6-13(11)20-3-1-2-4-24-8-16(25,7-19)9-24/h5-6,10,20,25H,1-4,7-9,19H2,(H,21,22,23). The third-order valence-corrected chi connectivity index (χ3v) is 6.51. The van der Waals surface area contributed by atoms with Gasteiger partial charge in [-0.25, -0.2) is 13.6 Å². The van der Waals surface area contributed by atoms with Gasteiger partial charge in [-0.15, -0.1) is 0 Å². The van der Waals surface area contributed by atoms with Gasteiger partial charge in [-0.1, -0.05) is 11.6 Å². The molecular formula is C16H22ClFN6O2S2. The van der Waals surface area contributed by atoms with Gasteiger partial charge >= 0.3 is 0 Å². The zero-order valence-electron chi connectivity index (χ0n) is 15.0. The molecular weight excluding hydrogens is 427 g/mol. The van der Waals surface area contributed by atoms with Crippen molar-refractivity contribution in [2.45, 2.75) is 23.3 Å². The fourth-order valence-corrected chi connectivity index (χ4v) is 4.66. The number of halogens is 2. The van der Waals surface area contributed by atoms with E-state index in [1.165, 1.54) is 18.5 Å². The second-order valence-electron chi connectivity index (χ2n) is 6.65. The maximum Gasteiger partial charge on any atom is 0.214 e. The van der Waals surface area contributed by atoms with Crippen molar-refractivity contribution in [1.29, 1.82) is 0 Å². The van der Waals surface area contributed by atoms with Crippen LogP contribution in [-0.4, -0.2) is 61.9 Å². The summed E-state index contributed by atoms with van der Waals surface area (Å²) in [4.78, 5) is 5.96. The van der Waals surface area contributed by atoms with Crippen LogP contribution in [0.5, 0.6) is 0 Å². The molecule has 1 fully saturated rings. The van der Waals surface area contributed by atoms with E-state index in [4.69, 9.17) is 17.3 Å². The largest absolute Gasteiger partial charge is 0.386 e. The summed E-state index contributed by atoms with van der Waals surface area (Å²) in [5.41, 5.74) is 5.23. The summed E-state index contributed by atoms with van der Waals surface area (Å²) < 4.78 is 33.0. The number of aliphatic hydroxyl groups is 1. The number of nitrogens with two attached hydrogens (primary N) is 1. The van der Waals surface area contributed by atoms with Crippen LogP contribution in [0.2, 0.25) is 5.02 Å². The Bertz CT molecular complexity index is 820. The van der Waals surface area contributed by atoms with Crippen LogP contribution in [0.15, 0.2) is 23.4 Å². The SMILES string of the molecule is NCC1(O)CN(CCCCNc2cc(F)c(S(=O)Nc3ncns3)cc2Cl)C1. The van der Waals surface area contributed by atoms with Gasteiger partial charge in [-0.05, 0) is 31.5 Å². The van der Waals surface area contributed by atoms with Crippen LogP contribution >= 0.6 is 23.1 Å². The van der Waals surface area contributed by atoms with Gasteiger partial charge in [0.25, 0.3) is 0 Å². The normalized spacial score (nSPS) is 17.1. The first kappa shape index (κ1) is 21.3. The van der Waals surface area contributed by atoms with Gasteiger partial charge in [-0.3, -0.25) is 9.62 Å². The first-order chi connectivity index (χ1) is 13.4. The van der Waals surface area contributed by atoms with E-state index in [0.717, 1.165) is 30.9 Å². The summed E-state index contributed by atoms with van der Waals surface area (Å²) in [6, 6.07) is 2.59. The first-order valence-corrected chi connectivity index (χ1v) is 11.0. The first-order valence-electron chi connectivity index (χ1n) is 8.73. The average Bonchev–Trinajstić information content (AvgIpc) is 3.14. The van der Waals surface area contributed by atoms with Crippen molar-refractivity contribution in [3.63, 3.8) is 0 Å². The highest BCUT2D eigenvalue weighted by Gasteiger charge is 2.39. The minimum Gasteiger partial charge on any atom is -0.386 e. The number of β-amino-alcohol motifs (C(OH)–C–C–N with tert-alkyl or cyclic N) is 1. The van der Waals surface area contributed by atoms with Gasteiger partial charge in [0.2, 0.25) is 5.13 Å². The fourth-order valence-electron chi connectivity index (χ4n) is 2.92. The fraction of sp³-hybridized carbons (Fsp3) is 0.500. The van der Waals surface area contributed by atoms with E-state index in [1.807, 2.05) is 0 Å². The van der Waals surface area contributed by atoms with E-state index in [-0.39, 0.29) is 11.4 Å². The minimum atomic E-state index is -1.82. The van der Waals surface area contributed by atoms with Crippen molar-refractivity contribution in [3.8, 4) is 0 Å². The third-order valence-electron chi connectivity index (χ3n) is 4.39. The number of unbranched alkanes of at least 4 members (excludes halogenated alkanes) is 1. The summed E-state index contributed by atoms with van der Waals surface area (Å²) in [7, 11) is -1.82. The molecule has 0 spiro atoms. The Morgan fingerprint density at radius 3 is 2.89 bits per heavy atom. The number of hydrogen-bond donors (Lipinski definition) is 4. The second kappa shape index (κ2) is 9.42. The molecule has 0 amide bonds. The molecule has 0 aliphatic carbocycles. The topological polar surface area (TPSA) is 116 Å². The zero-order chi connectivity index (χ0) is 20.1. The van der Waals surface area contributed by atoms with Crippen LogP contribution in [0.1, 0.15) is 12.8 Å². The summed E-state index contributed by atoms with van der Waals surface area (Å²) in [5, 5.41) is 13.6. The van der Waals surface area contributed by atoms with Gasteiger partial charge in [0.1, 0.15) is 17.7 Å². The van der Waals surface area contributed by atoms with Gasteiger partial charge < -0.3 is 16.2 Å². The molecule has 0 radical (unpaired) electrons. The van der Waals surface area contributed by atoms with Gasteiger partial charge in [0.05, 0.1) is 15.6 Å². The maximum absolute atomic E-state index is 14.3. The lowest BCUT2D eigenvalue weighted by molar-refractivity contribution is -0.0900. The van der Waals surface area contributed by atoms with E-state index in [0.29, 0.717) is 35.5 Å². The second-order valence-corrected chi connectivity index (χ2v) is 9.02. The van der Waals surface area contributed by atoms with Crippen molar-refractivity contribution in [3.05, 3.63) is 29.3 Å². The van der Waals surface area contributed by atoms with Crippen LogP contribution in [0.4, 0.5) is 15.2 Å². The smallest absolute Gasteiger partial charge is 0.214 e. The lowest BCUT2D eigenvalue weighted by Gasteiger charge is -2.46. The Morgan fingerprint density at radius 1 is 1.43 bits per heavy atom. The number of nitrogens with zero attached hydrogens (tertiary/aromatic N) is 3. The molecule has 1 aliphatic heterocycles. The van der Waals surface area contributed by atoms with E-state index < -0.39 is 22.4 Å². The summed E-state index contributed by atoms with van der Waals surface area (Å²) in [6.07, 6.45) is 3.12. The third kappa shape index (κ3) is 5.37. The number of anilines is 2.